The zero-order chi connectivity index (χ0) is 38.8. The lowest BCUT2D eigenvalue weighted by atomic mass is 10.1. The summed E-state index contributed by atoms with van der Waals surface area (Å²) >= 11 is 0. The van der Waals surface area contributed by atoms with Crippen LogP contribution in [0, 0.1) is 0 Å². The Morgan fingerprint density at radius 3 is 1.94 bits per heavy atom. The number of hydrogen-bond acceptors (Lipinski definition) is 8. The number of unbranched alkanes of at least 4 members (excludes halogenated alkanes) is 1. The van der Waals surface area contributed by atoms with Gasteiger partial charge in [-0.3, -0.25) is 24.4 Å². The number of likely N-dealkylation sites (N-methyl/N-ethyl adjacent to an activating group) is 1. The molecule has 280 valence electrons. The maximum Gasteiger partial charge on any atom is 0.295 e. The van der Waals surface area contributed by atoms with Crippen LogP contribution in [-0.4, -0.2) is 68.2 Å². The second kappa shape index (κ2) is 21.1. The summed E-state index contributed by atoms with van der Waals surface area (Å²) in [6.07, 6.45) is 4.11. The van der Waals surface area contributed by atoms with E-state index >= 15 is 0 Å². The number of pyridine rings is 1. The molecule has 5 aromatic rings. The number of nitrogens with zero attached hydrogens (tertiary/aromatic N) is 2. The van der Waals surface area contributed by atoms with Crippen LogP contribution in [0.3, 0.4) is 0 Å². The fourth-order valence-electron chi connectivity index (χ4n) is 5.09. The summed E-state index contributed by atoms with van der Waals surface area (Å²) in [5, 5.41) is 14.9. The summed E-state index contributed by atoms with van der Waals surface area (Å²) in [5.74, 6) is -0.726. The van der Waals surface area contributed by atoms with Crippen molar-refractivity contribution in [3.8, 4) is 0 Å². The van der Waals surface area contributed by atoms with E-state index in [4.69, 9.17) is 0 Å². The van der Waals surface area contributed by atoms with Gasteiger partial charge in [0.1, 0.15) is 16.8 Å². The van der Waals surface area contributed by atoms with E-state index < -0.39 is 22.1 Å². The summed E-state index contributed by atoms with van der Waals surface area (Å²) in [6.45, 7) is 2.74. The Balaban J connectivity index is 0.000000385. The molecular formula is C40H43N6O6PS. The van der Waals surface area contributed by atoms with Gasteiger partial charge >= 0.3 is 0 Å². The average molecular weight is 767 g/mol. The Morgan fingerprint density at radius 2 is 1.37 bits per heavy atom. The maximum absolute atomic E-state index is 12.7. The first-order chi connectivity index (χ1) is 26.1. The van der Waals surface area contributed by atoms with E-state index in [0.717, 1.165) is 0 Å². The lowest BCUT2D eigenvalue weighted by Gasteiger charge is -2.17. The molecule has 12 nitrogen and oxygen atoms in total. The predicted molar refractivity (Wildman–Crippen MR) is 215 cm³/mol. The molecule has 0 spiro atoms. The fraction of sp³-hybridized carbons (Fsp3) is 0.175. The van der Waals surface area contributed by atoms with E-state index in [0.29, 0.717) is 31.4 Å². The van der Waals surface area contributed by atoms with Crippen LogP contribution in [0.5, 0.6) is 0 Å². The number of rotatable bonds is 15. The third kappa shape index (κ3) is 13.0. The number of carbonyl (C=O) groups is 3. The van der Waals surface area contributed by atoms with Gasteiger partial charge in [-0.1, -0.05) is 97.1 Å². The molecule has 1 atom stereocenters. The molecule has 54 heavy (non-hydrogen) atoms. The van der Waals surface area contributed by atoms with Gasteiger partial charge in [-0.15, -0.1) is 0 Å². The van der Waals surface area contributed by atoms with Gasteiger partial charge < -0.3 is 16.0 Å². The molecule has 14 heteroatoms. The molecule has 0 saturated carbocycles. The van der Waals surface area contributed by atoms with Crippen molar-refractivity contribution in [1.82, 2.24) is 20.9 Å². The highest BCUT2D eigenvalue weighted by molar-refractivity contribution is 7.86. The van der Waals surface area contributed by atoms with Crippen LogP contribution in [0.25, 0.3) is 0 Å². The monoisotopic (exact) mass is 766 g/mol. The highest BCUT2D eigenvalue weighted by Gasteiger charge is 2.20. The molecule has 0 aliphatic carbocycles. The molecule has 5 N–H and O–H groups in total. The van der Waals surface area contributed by atoms with Crippen molar-refractivity contribution in [2.24, 2.45) is 5.10 Å². The topological polar surface area (TPSA) is 179 Å². The minimum absolute atomic E-state index is 0.171. The number of aromatic nitrogens is 1. The van der Waals surface area contributed by atoms with Crippen LogP contribution >= 0.6 is 7.92 Å². The Labute approximate surface area is 317 Å². The third-order valence-electron chi connectivity index (χ3n) is 8.00. The summed E-state index contributed by atoms with van der Waals surface area (Å²) in [6, 6.07) is 38.3. The zero-order valence-electron chi connectivity index (χ0n) is 29.9. The van der Waals surface area contributed by atoms with Crippen molar-refractivity contribution in [3.63, 3.8) is 0 Å². The fourth-order valence-corrected chi connectivity index (χ4v) is 7.29. The molecule has 3 amide bonds. The number of hydrazone groups is 1. The van der Waals surface area contributed by atoms with Crippen molar-refractivity contribution in [2.75, 3.05) is 25.7 Å². The SMILES string of the molecule is CNC(=O)C(CCCCNC(=O)c1ccccc1)NC(=O)c1ccc(NN=Cc2ccccc2S(=O)(=O)O)nc1.CP(c1ccccc1)c1ccccc1. The summed E-state index contributed by atoms with van der Waals surface area (Å²) < 4.78 is 32.3. The number of amides is 3. The lowest BCUT2D eigenvalue weighted by Crippen LogP contribution is -2.45. The van der Waals surface area contributed by atoms with Gasteiger partial charge in [0, 0.05) is 30.9 Å². The van der Waals surface area contributed by atoms with Crippen molar-refractivity contribution in [2.45, 2.75) is 30.2 Å². The van der Waals surface area contributed by atoms with Gasteiger partial charge in [-0.25, -0.2) is 4.98 Å². The van der Waals surface area contributed by atoms with Crippen LogP contribution < -0.4 is 32.0 Å². The highest BCUT2D eigenvalue weighted by atomic mass is 32.2. The van der Waals surface area contributed by atoms with Crippen molar-refractivity contribution in [1.29, 1.82) is 0 Å². The second-order valence-corrected chi connectivity index (χ2v) is 15.3. The first-order valence-electron chi connectivity index (χ1n) is 17.1. The molecule has 0 radical (unpaired) electrons. The second-order valence-electron chi connectivity index (χ2n) is 11.8. The van der Waals surface area contributed by atoms with Crippen molar-refractivity contribution >= 4 is 58.4 Å². The normalized spacial score (nSPS) is 11.6. The maximum atomic E-state index is 12.7. The number of nitrogens with one attached hydrogen (secondary N) is 4. The first-order valence-corrected chi connectivity index (χ1v) is 20.3. The zero-order valence-corrected chi connectivity index (χ0v) is 31.6. The standard InChI is InChI=1S/C27H30N6O6S.C13H13P/c1-28-27(36)22(12-7-8-16-29-25(34)19-9-3-2-4-10-19)32-26(35)21-14-15-24(30-17-21)33-31-18-20-11-5-6-13-23(20)40(37,38)39;1-14(12-8-4-2-5-9-12)13-10-6-3-7-11-13/h2-6,9-11,13-15,17-18,22H,7-8,12,16H2,1H3,(H,28,36)(H,29,34)(H,30,33)(H,32,35)(H,37,38,39);2-11H,1H3. The molecule has 1 aromatic heterocycles. The molecule has 4 aromatic carbocycles. The van der Waals surface area contributed by atoms with E-state index in [9.17, 15) is 27.4 Å². The molecule has 0 bridgehead atoms. The van der Waals surface area contributed by atoms with Gasteiger partial charge in [0.25, 0.3) is 21.9 Å². The van der Waals surface area contributed by atoms with Crippen LogP contribution in [0.4, 0.5) is 5.82 Å². The molecule has 1 heterocycles. The van der Waals surface area contributed by atoms with Gasteiger partial charge in [0.2, 0.25) is 5.91 Å². The van der Waals surface area contributed by atoms with Crippen molar-refractivity contribution in [3.05, 3.63) is 150 Å². The Bertz CT molecular complexity index is 2050. The Kier molecular flexibility index (Phi) is 16.0. The smallest absolute Gasteiger partial charge is 0.295 e. The van der Waals surface area contributed by atoms with Crippen LogP contribution in [0.2, 0.25) is 0 Å². The largest absolute Gasteiger partial charge is 0.357 e. The lowest BCUT2D eigenvalue weighted by molar-refractivity contribution is -0.122. The van der Waals surface area contributed by atoms with E-state index in [1.165, 1.54) is 60.4 Å². The number of carbonyl (C=O) groups excluding carboxylic acids is 3. The summed E-state index contributed by atoms with van der Waals surface area (Å²) in [5.41, 5.74) is 3.58. The van der Waals surface area contributed by atoms with Crippen LogP contribution in [-0.2, 0) is 14.9 Å². The highest BCUT2D eigenvalue weighted by Crippen LogP contribution is 2.27. The molecule has 0 aliphatic heterocycles. The molecule has 0 fully saturated rings. The first kappa shape index (κ1) is 41.0. The predicted octanol–water partition coefficient (Wildman–Crippen LogP) is 4.97. The minimum atomic E-state index is -4.41. The van der Waals surface area contributed by atoms with E-state index in [2.05, 4.69) is 98.8 Å². The average Bonchev–Trinajstić information content (AvgIpc) is 3.20. The Hall–Kier alpha value is -5.75. The minimum Gasteiger partial charge on any atom is -0.357 e. The number of anilines is 1. The van der Waals surface area contributed by atoms with Crippen LogP contribution in [0.15, 0.2) is 144 Å². The third-order valence-corrected chi connectivity index (χ3v) is 11.1. The molecule has 0 saturated heterocycles. The molecule has 0 aliphatic rings. The van der Waals surface area contributed by atoms with Gasteiger partial charge in [0.15, 0.2) is 0 Å². The number of hydrogen-bond donors (Lipinski definition) is 5. The summed E-state index contributed by atoms with van der Waals surface area (Å²) in [4.78, 5) is 41.0. The van der Waals surface area contributed by atoms with E-state index in [-0.39, 0.29) is 41.6 Å². The van der Waals surface area contributed by atoms with Gasteiger partial charge in [0.05, 0.1) is 11.8 Å². The van der Waals surface area contributed by atoms with Gasteiger partial charge in [-0.05, 0) is 74.8 Å². The van der Waals surface area contributed by atoms with Gasteiger partial charge in [-0.2, -0.15) is 13.5 Å². The van der Waals surface area contributed by atoms with Crippen molar-refractivity contribution < 1.29 is 27.4 Å². The summed E-state index contributed by atoms with van der Waals surface area (Å²) in [7, 11) is -3.10. The molecule has 5 rings (SSSR count). The Morgan fingerprint density at radius 1 is 0.778 bits per heavy atom. The molecular weight excluding hydrogens is 724 g/mol. The van der Waals surface area contributed by atoms with Crippen LogP contribution in [0.1, 0.15) is 45.5 Å². The van der Waals surface area contributed by atoms with E-state index in [1.807, 2.05) is 6.07 Å². The number of benzene rings is 4. The van der Waals surface area contributed by atoms with E-state index in [1.54, 1.807) is 30.3 Å². The quantitative estimate of drug-likeness (QED) is 0.0326. The molecule has 1 unspecified atom stereocenters.